The Morgan fingerprint density at radius 1 is 1.11 bits per heavy atom. The SMILES string of the molecule is CCNCC.F[S+](F)F. The molecule has 0 fully saturated rings. The van der Waals surface area contributed by atoms with Gasteiger partial charge in [0.05, 0.1) is 0 Å². The van der Waals surface area contributed by atoms with Crippen molar-refractivity contribution in [3.05, 3.63) is 0 Å². The van der Waals surface area contributed by atoms with Gasteiger partial charge in [0.25, 0.3) is 0 Å². The second kappa shape index (κ2) is 11.0. The minimum absolute atomic E-state index is 1.09. The first-order valence-electron chi connectivity index (χ1n) is 2.58. The average molecular weight is 162 g/mol. The smallest absolute Gasteiger partial charge is 0.317 e. The van der Waals surface area contributed by atoms with E-state index in [2.05, 4.69) is 19.2 Å². The Morgan fingerprint density at radius 3 is 1.33 bits per heavy atom. The number of hydrogen-bond donors (Lipinski definition) is 1. The Bertz CT molecular complexity index is 40.0. The van der Waals surface area contributed by atoms with Gasteiger partial charge in [-0.1, -0.05) is 13.8 Å². The maximum atomic E-state index is 9.69. The van der Waals surface area contributed by atoms with Crippen molar-refractivity contribution in [2.24, 2.45) is 0 Å². The molecule has 0 heterocycles. The van der Waals surface area contributed by atoms with Gasteiger partial charge in [0.2, 0.25) is 0 Å². The highest BCUT2D eigenvalue weighted by atomic mass is 32.3. The first-order valence-corrected chi connectivity index (χ1v) is 3.51. The van der Waals surface area contributed by atoms with Crippen LogP contribution in [0.25, 0.3) is 0 Å². The molecule has 1 nitrogen and oxygen atoms in total. The van der Waals surface area contributed by atoms with Crippen molar-refractivity contribution in [1.29, 1.82) is 0 Å². The summed E-state index contributed by atoms with van der Waals surface area (Å²) >= 11 is -3.86. The van der Waals surface area contributed by atoms with Crippen molar-refractivity contribution < 1.29 is 11.7 Å². The molecule has 58 valence electrons. The highest BCUT2D eigenvalue weighted by Gasteiger charge is 2.14. The van der Waals surface area contributed by atoms with Crippen LogP contribution < -0.4 is 5.32 Å². The Morgan fingerprint density at radius 2 is 1.33 bits per heavy atom. The van der Waals surface area contributed by atoms with Gasteiger partial charge in [0.15, 0.2) is 0 Å². The van der Waals surface area contributed by atoms with E-state index in [1.54, 1.807) is 0 Å². The van der Waals surface area contributed by atoms with Gasteiger partial charge in [-0.15, -0.1) is 0 Å². The third-order valence-electron chi connectivity index (χ3n) is 0.500. The molecule has 0 atom stereocenters. The zero-order valence-corrected chi connectivity index (χ0v) is 6.27. The molecule has 0 aromatic heterocycles. The van der Waals surface area contributed by atoms with Gasteiger partial charge in [0.1, 0.15) is 11.7 Å². The fourth-order valence-corrected chi connectivity index (χ4v) is 0.250. The van der Waals surface area contributed by atoms with Gasteiger partial charge in [-0.05, 0) is 13.1 Å². The molecule has 0 radical (unpaired) electrons. The summed E-state index contributed by atoms with van der Waals surface area (Å²) in [6.07, 6.45) is 0. The normalized spacial score (nSPS) is 8.67. The molecule has 0 bridgehead atoms. The van der Waals surface area contributed by atoms with E-state index >= 15 is 0 Å². The molecule has 0 saturated heterocycles. The Kier molecular flexibility index (Phi) is 14.4. The molecule has 0 aromatic carbocycles. The number of halogens is 3. The van der Waals surface area contributed by atoms with Gasteiger partial charge in [0, 0.05) is 0 Å². The second-order valence-electron chi connectivity index (χ2n) is 1.13. The maximum Gasteiger partial charge on any atom is 0.661 e. The predicted molar refractivity (Wildman–Crippen MR) is 34.9 cm³/mol. The monoisotopic (exact) mass is 162 g/mol. The summed E-state index contributed by atoms with van der Waals surface area (Å²) in [6, 6.07) is 0. The summed E-state index contributed by atoms with van der Waals surface area (Å²) in [5.41, 5.74) is 0. The van der Waals surface area contributed by atoms with Crippen LogP contribution in [-0.2, 0) is 12.1 Å². The van der Waals surface area contributed by atoms with Gasteiger partial charge in [-0.2, -0.15) is 0 Å². The minimum Gasteiger partial charge on any atom is -0.317 e. The standard InChI is InChI=1S/C4H11N.F3S/c1-3-5-4-2;1-4(2)3/h5H,3-4H2,1-2H3;/q;+1. The molecular formula is C4H11F3NS+. The second-order valence-corrected chi connectivity index (χ2v) is 1.48. The molecule has 0 unspecified atom stereocenters. The zero-order chi connectivity index (χ0) is 7.70. The topological polar surface area (TPSA) is 12.0 Å². The number of hydrogen-bond acceptors (Lipinski definition) is 1. The van der Waals surface area contributed by atoms with Crippen molar-refractivity contribution in [3.63, 3.8) is 0 Å². The van der Waals surface area contributed by atoms with Crippen LogP contribution in [0, 0.1) is 0 Å². The highest BCUT2D eigenvalue weighted by Crippen LogP contribution is 1.95. The number of nitrogens with one attached hydrogen (secondary N) is 1. The van der Waals surface area contributed by atoms with Crippen molar-refractivity contribution in [2.45, 2.75) is 13.8 Å². The molecule has 1 N–H and O–H groups in total. The zero-order valence-electron chi connectivity index (χ0n) is 5.46. The van der Waals surface area contributed by atoms with Crippen molar-refractivity contribution >= 4 is 12.1 Å². The van der Waals surface area contributed by atoms with Crippen molar-refractivity contribution in [3.8, 4) is 0 Å². The first-order chi connectivity index (χ1) is 4.15. The van der Waals surface area contributed by atoms with Gasteiger partial charge in [-0.25, -0.2) is 0 Å². The lowest BCUT2D eigenvalue weighted by atomic mass is 10.7. The van der Waals surface area contributed by atoms with Crippen LogP contribution in [0.15, 0.2) is 0 Å². The van der Waals surface area contributed by atoms with E-state index in [0.29, 0.717) is 0 Å². The van der Waals surface area contributed by atoms with E-state index in [-0.39, 0.29) is 0 Å². The molecule has 0 aromatic rings. The van der Waals surface area contributed by atoms with Gasteiger partial charge >= 0.3 is 12.1 Å². The lowest BCUT2D eigenvalue weighted by Crippen LogP contribution is -2.09. The van der Waals surface area contributed by atoms with Crippen LogP contribution in [0.1, 0.15) is 13.8 Å². The highest BCUT2D eigenvalue weighted by molar-refractivity contribution is 7.81. The summed E-state index contributed by atoms with van der Waals surface area (Å²) in [4.78, 5) is 0. The molecule has 0 saturated carbocycles. The van der Waals surface area contributed by atoms with Crippen molar-refractivity contribution in [1.82, 2.24) is 5.32 Å². The van der Waals surface area contributed by atoms with E-state index in [4.69, 9.17) is 0 Å². The van der Waals surface area contributed by atoms with E-state index in [0.717, 1.165) is 13.1 Å². The van der Waals surface area contributed by atoms with Crippen LogP contribution in [0.2, 0.25) is 0 Å². The van der Waals surface area contributed by atoms with E-state index in [1.165, 1.54) is 0 Å². The summed E-state index contributed by atoms with van der Waals surface area (Å²) in [7, 11) is 0. The third-order valence-corrected chi connectivity index (χ3v) is 0.500. The van der Waals surface area contributed by atoms with E-state index < -0.39 is 12.1 Å². The summed E-state index contributed by atoms with van der Waals surface area (Å²) in [5.74, 6) is 0. The van der Waals surface area contributed by atoms with E-state index in [1.807, 2.05) is 0 Å². The molecule has 9 heavy (non-hydrogen) atoms. The number of rotatable bonds is 2. The largest absolute Gasteiger partial charge is 0.661 e. The maximum absolute atomic E-state index is 9.69. The quantitative estimate of drug-likeness (QED) is 0.611. The van der Waals surface area contributed by atoms with Crippen LogP contribution in [0.3, 0.4) is 0 Å². The lowest BCUT2D eigenvalue weighted by Gasteiger charge is -1.86. The lowest BCUT2D eigenvalue weighted by molar-refractivity contribution is 0.662. The molecule has 0 aliphatic heterocycles. The minimum atomic E-state index is -3.86. The Hall–Kier alpha value is 0.1000. The van der Waals surface area contributed by atoms with Crippen LogP contribution in [-0.4, -0.2) is 13.1 Å². The van der Waals surface area contributed by atoms with Crippen LogP contribution >= 0.6 is 0 Å². The first kappa shape index (κ1) is 11.8. The Balaban J connectivity index is 0. The molecular weight excluding hydrogens is 151 g/mol. The molecule has 5 heteroatoms. The van der Waals surface area contributed by atoms with Gasteiger partial charge < -0.3 is 5.32 Å². The average Bonchev–Trinajstić information content (AvgIpc) is 1.66. The summed E-state index contributed by atoms with van der Waals surface area (Å²) < 4.78 is 29.1. The van der Waals surface area contributed by atoms with Crippen LogP contribution in [0.4, 0.5) is 11.7 Å². The van der Waals surface area contributed by atoms with Crippen LogP contribution in [0.5, 0.6) is 0 Å². The molecule has 0 amide bonds. The molecule has 0 aliphatic rings. The fourth-order valence-electron chi connectivity index (χ4n) is 0.250. The summed E-state index contributed by atoms with van der Waals surface area (Å²) in [5, 5.41) is 3.11. The van der Waals surface area contributed by atoms with E-state index in [9.17, 15) is 11.7 Å². The van der Waals surface area contributed by atoms with Gasteiger partial charge in [-0.3, -0.25) is 0 Å². The fraction of sp³-hybridized carbons (Fsp3) is 1.00. The Labute approximate surface area is 56.9 Å². The molecule has 0 rings (SSSR count). The molecule has 0 spiro atoms. The van der Waals surface area contributed by atoms with Crippen molar-refractivity contribution in [2.75, 3.05) is 13.1 Å². The molecule has 0 aliphatic carbocycles. The third kappa shape index (κ3) is 68.3. The predicted octanol–water partition coefficient (Wildman–Crippen LogP) is 1.87. The summed E-state index contributed by atoms with van der Waals surface area (Å²) in [6.45, 7) is 6.39.